The van der Waals surface area contributed by atoms with Crippen LogP contribution in [0.25, 0.3) is 0 Å². The van der Waals surface area contributed by atoms with Crippen LogP contribution in [-0.2, 0) is 6.42 Å². The van der Waals surface area contributed by atoms with Crippen molar-refractivity contribution in [1.82, 2.24) is 4.98 Å². The minimum absolute atomic E-state index is 0.0817. The van der Waals surface area contributed by atoms with Crippen LogP contribution in [0.15, 0.2) is 41.0 Å². The third-order valence-corrected chi connectivity index (χ3v) is 3.63. The summed E-state index contributed by atoms with van der Waals surface area (Å²) in [6.45, 7) is 4.00. The lowest BCUT2D eigenvalue weighted by atomic mass is 10.1. The van der Waals surface area contributed by atoms with Crippen molar-refractivity contribution in [3.8, 4) is 11.6 Å². The summed E-state index contributed by atoms with van der Waals surface area (Å²) >= 11 is 3.47. The molecule has 1 aromatic heterocycles. The van der Waals surface area contributed by atoms with E-state index in [4.69, 9.17) is 10.5 Å². The van der Waals surface area contributed by atoms with E-state index in [1.54, 1.807) is 6.20 Å². The van der Waals surface area contributed by atoms with Gasteiger partial charge in [0.1, 0.15) is 5.75 Å². The Labute approximate surface area is 121 Å². The largest absolute Gasteiger partial charge is 0.439 e. The fourth-order valence-corrected chi connectivity index (χ4v) is 2.06. The molecule has 4 heteroatoms. The molecule has 0 radical (unpaired) electrons. The molecule has 0 amide bonds. The lowest BCUT2D eigenvalue weighted by Crippen LogP contribution is -2.18. The Morgan fingerprint density at radius 3 is 2.84 bits per heavy atom. The van der Waals surface area contributed by atoms with Gasteiger partial charge in [0.05, 0.1) is 0 Å². The van der Waals surface area contributed by atoms with Crippen molar-refractivity contribution in [3.63, 3.8) is 0 Å². The molecule has 0 aliphatic carbocycles. The highest BCUT2D eigenvalue weighted by atomic mass is 79.9. The van der Waals surface area contributed by atoms with Gasteiger partial charge in [-0.15, -0.1) is 0 Å². The molecule has 0 spiro atoms. The summed E-state index contributed by atoms with van der Waals surface area (Å²) in [7, 11) is 0. The van der Waals surface area contributed by atoms with E-state index >= 15 is 0 Å². The first kappa shape index (κ1) is 14.0. The average Bonchev–Trinajstić information content (AvgIpc) is 2.36. The van der Waals surface area contributed by atoms with E-state index in [2.05, 4.69) is 20.9 Å². The van der Waals surface area contributed by atoms with Crippen LogP contribution in [0.5, 0.6) is 11.6 Å². The van der Waals surface area contributed by atoms with Crippen molar-refractivity contribution in [2.45, 2.75) is 26.3 Å². The smallest absolute Gasteiger partial charge is 0.222 e. The quantitative estimate of drug-likeness (QED) is 0.931. The minimum Gasteiger partial charge on any atom is -0.439 e. The molecule has 1 atom stereocenters. The molecule has 1 unspecified atom stereocenters. The van der Waals surface area contributed by atoms with Crippen LogP contribution in [0.1, 0.15) is 18.1 Å². The minimum atomic E-state index is 0.0817. The molecule has 19 heavy (non-hydrogen) atoms. The number of pyridine rings is 1. The van der Waals surface area contributed by atoms with Crippen molar-refractivity contribution >= 4 is 15.9 Å². The van der Waals surface area contributed by atoms with Crippen molar-refractivity contribution in [3.05, 3.63) is 52.1 Å². The van der Waals surface area contributed by atoms with Gasteiger partial charge >= 0.3 is 0 Å². The summed E-state index contributed by atoms with van der Waals surface area (Å²) < 4.78 is 6.93. The molecule has 0 saturated carbocycles. The maximum absolute atomic E-state index is 5.86. The zero-order valence-corrected chi connectivity index (χ0v) is 12.6. The van der Waals surface area contributed by atoms with Gasteiger partial charge in [0.2, 0.25) is 5.88 Å². The van der Waals surface area contributed by atoms with Crippen molar-refractivity contribution < 1.29 is 4.74 Å². The van der Waals surface area contributed by atoms with Gasteiger partial charge in [0, 0.05) is 22.3 Å². The fraction of sp³-hybridized carbons (Fsp3) is 0.267. The number of halogens is 1. The SMILES string of the molecule is Cc1cc(Oc2ncccc2CC(C)N)ccc1Br. The summed E-state index contributed by atoms with van der Waals surface area (Å²) in [6.07, 6.45) is 2.48. The molecular formula is C15H17BrN2O. The van der Waals surface area contributed by atoms with Crippen LogP contribution in [0.4, 0.5) is 0 Å². The monoisotopic (exact) mass is 320 g/mol. The molecule has 3 nitrogen and oxygen atoms in total. The Kier molecular flexibility index (Phi) is 4.56. The van der Waals surface area contributed by atoms with Gasteiger partial charge in [-0.2, -0.15) is 0 Å². The van der Waals surface area contributed by atoms with Gasteiger partial charge in [0.25, 0.3) is 0 Å². The maximum atomic E-state index is 5.86. The molecule has 0 fully saturated rings. The molecule has 0 aliphatic rings. The summed E-state index contributed by atoms with van der Waals surface area (Å²) in [5.74, 6) is 1.41. The summed E-state index contributed by atoms with van der Waals surface area (Å²) in [4.78, 5) is 4.29. The highest BCUT2D eigenvalue weighted by molar-refractivity contribution is 9.10. The Hall–Kier alpha value is -1.39. The number of ether oxygens (including phenoxy) is 1. The lowest BCUT2D eigenvalue weighted by molar-refractivity contribution is 0.453. The zero-order valence-electron chi connectivity index (χ0n) is 11.1. The van der Waals surface area contributed by atoms with E-state index in [1.165, 1.54) is 0 Å². The average molecular weight is 321 g/mol. The Balaban J connectivity index is 2.25. The molecule has 0 saturated heterocycles. The lowest BCUT2D eigenvalue weighted by Gasteiger charge is -2.12. The molecule has 0 aliphatic heterocycles. The van der Waals surface area contributed by atoms with E-state index in [0.29, 0.717) is 5.88 Å². The standard InChI is InChI=1S/C15H17BrN2O/c1-10-8-13(5-6-14(10)16)19-15-12(9-11(2)17)4-3-7-18-15/h3-8,11H,9,17H2,1-2H3. The van der Waals surface area contributed by atoms with Crippen molar-refractivity contribution in [2.75, 3.05) is 0 Å². The van der Waals surface area contributed by atoms with Crippen LogP contribution in [0.2, 0.25) is 0 Å². The normalized spacial score (nSPS) is 12.2. The highest BCUT2D eigenvalue weighted by Gasteiger charge is 2.08. The van der Waals surface area contributed by atoms with Crippen molar-refractivity contribution in [2.24, 2.45) is 5.73 Å². The topological polar surface area (TPSA) is 48.1 Å². The number of benzene rings is 1. The zero-order chi connectivity index (χ0) is 13.8. The van der Waals surface area contributed by atoms with Gasteiger partial charge in [-0.3, -0.25) is 0 Å². The summed E-state index contributed by atoms with van der Waals surface area (Å²) in [5, 5.41) is 0. The van der Waals surface area contributed by atoms with Crippen molar-refractivity contribution in [1.29, 1.82) is 0 Å². The van der Waals surface area contributed by atoms with E-state index in [-0.39, 0.29) is 6.04 Å². The second-order valence-corrected chi connectivity index (χ2v) is 5.52. The molecular weight excluding hydrogens is 304 g/mol. The highest BCUT2D eigenvalue weighted by Crippen LogP contribution is 2.27. The number of hydrogen-bond donors (Lipinski definition) is 1. The first-order chi connectivity index (χ1) is 9.06. The molecule has 0 bridgehead atoms. The Morgan fingerprint density at radius 2 is 2.16 bits per heavy atom. The third-order valence-electron chi connectivity index (χ3n) is 2.74. The van der Waals surface area contributed by atoms with Gasteiger partial charge in [-0.1, -0.05) is 22.0 Å². The fourth-order valence-electron chi connectivity index (χ4n) is 1.81. The van der Waals surface area contributed by atoms with E-state index in [0.717, 1.165) is 27.8 Å². The summed E-state index contributed by atoms with van der Waals surface area (Å²) in [5.41, 5.74) is 7.99. The summed E-state index contributed by atoms with van der Waals surface area (Å²) in [6, 6.07) is 9.85. The maximum Gasteiger partial charge on any atom is 0.222 e. The third kappa shape index (κ3) is 3.78. The molecule has 2 N–H and O–H groups in total. The van der Waals surface area contributed by atoms with E-state index in [9.17, 15) is 0 Å². The van der Waals surface area contributed by atoms with Crippen LogP contribution in [0, 0.1) is 6.92 Å². The molecule has 2 rings (SSSR count). The number of aryl methyl sites for hydroxylation is 1. The van der Waals surface area contributed by atoms with Gasteiger partial charge in [-0.05, 0) is 50.1 Å². The number of nitrogens with zero attached hydrogens (tertiary/aromatic N) is 1. The predicted molar refractivity (Wildman–Crippen MR) is 80.5 cm³/mol. The number of rotatable bonds is 4. The van der Waals surface area contributed by atoms with Crippen LogP contribution >= 0.6 is 15.9 Å². The predicted octanol–water partition coefficient (Wildman–Crippen LogP) is 3.83. The van der Waals surface area contributed by atoms with Crippen LogP contribution in [0.3, 0.4) is 0 Å². The second-order valence-electron chi connectivity index (χ2n) is 4.66. The Bertz CT molecular complexity index is 570. The van der Waals surface area contributed by atoms with Gasteiger partial charge in [-0.25, -0.2) is 4.98 Å². The molecule has 2 aromatic rings. The number of nitrogens with two attached hydrogens (primary N) is 1. The van der Waals surface area contributed by atoms with E-state index in [1.807, 2.05) is 44.2 Å². The molecule has 1 heterocycles. The first-order valence-corrected chi connectivity index (χ1v) is 6.99. The number of aromatic nitrogens is 1. The Morgan fingerprint density at radius 1 is 1.37 bits per heavy atom. The molecule has 100 valence electrons. The second kappa shape index (κ2) is 6.17. The van der Waals surface area contributed by atoms with Gasteiger partial charge in [0.15, 0.2) is 0 Å². The van der Waals surface area contributed by atoms with Crippen LogP contribution < -0.4 is 10.5 Å². The number of hydrogen-bond acceptors (Lipinski definition) is 3. The van der Waals surface area contributed by atoms with Gasteiger partial charge < -0.3 is 10.5 Å². The van der Waals surface area contributed by atoms with E-state index < -0.39 is 0 Å². The first-order valence-electron chi connectivity index (χ1n) is 6.19. The van der Waals surface area contributed by atoms with Crippen LogP contribution in [-0.4, -0.2) is 11.0 Å². The molecule has 1 aromatic carbocycles.